The van der Waals surface area contributed by atoms with Crippen LogP contribution in [0.25, 0.3) is 0 Å². The van der Waals surface area contributed by atoms with E-state index in [-0.39, 0.29) is 6.54 Å². The van der Waals surface area contributed by atoms with E-state index in [4.69, 9.17) is 11.5 Å². The van der Waals surface area contributed by atoms with Gasteiger partial charge in [0.1, 0.15) is 12.6 Å². The predicted octanol–water partition coefficient (Wildman–Crippen LogP) is -1.75. The van der Waals surface area contributed by atoms with Gasteiger partial charge in [0.2, 0.25) is 5.91 Å². The fraction of sp³-hybridized carbons (Fsp3) is 0.667. The molecule has 0 aliphatic carbocycles. The summed E-state index contributed by atoms with van der Waals surface area (Å²) in [7, 11) is 0. The molecule has 1 aliphatic heterocycles. The highest BCUT2D eigenvalue weighted by Crippen LogP contribution is 2.02. The molecule has 6 nitrogen and oxygen atoms in total. The Hall–Kier alpha value is -1.30. The Kier molecular flexibility index (Phi) is 2.49. The summed E-state index contributed by atoms with van der Waals surface area (Å²) in [5.41, 5.74) is 10.3. The molecule has 1 unspecified atom stereocenters. The van der Waals surface area contributed by atoms with Gasteiger partial charge in [-0.15, -0.1) is 0 Å². The molecular formula is C6H11N3O3. The molecule has 1 fully saturated rings. The Bertz CT molecular complexity index is 206. The van der Waals surface area contributed by atoms with Crippen molar-refractivity contribution >= 4 is 12.0 Å². The number of carbonyl (C=O) groups is 2. The van der Waals surface area contributed by atoms with Crippen molar-refractivity contribution in [3.63, 3.8) is 0 Å². The predicted molar refractivity (Wildman–Crippen MR) is 40.1 cm³/mol. The molecule has 0 bridgehead atoms. The monoisotopic (exact) mass is 173 g/mol. The van der Waals surface area contributed by atoms with Crippen LogP contribution >= 0.6 is 0 Å². The summed E-state index contributed by atoms with van der Waals surface area (Å²) in [6.45, 7) is 0.957. The molecule has 0 saturated carbocycles. The van der Waals surface area contributed by atoms with Crippen LogP contribution in [0.4, 0.5) is 4.79 Å². The third kappa shape index (κ3) is 1.85. The van der Waals surface area contributed by atoms with Crippen LogP contribution in [-0.2, 0) is 9.53 Å². The maximum absolute atomic E-state index is 10.8. The maximum atomic E-state index is 10.8. The van der Waals surface area contributed by atoms with Crippen molar-refractivity contribution in [1.29, 1.82) is 0 Å². The first kappa shape index (κ1) is 8.79. The molecule has 1 rings (SSSR count). The first-order chi connectivity index (χ1) is 5.61. The maximum Gasteiger partial charge on any atom is 0.410 e. The quantitative estimate of drug-likeness (QED) is 0.528. The molecule has 1 aliphatic rings. The zero-order valence-electron chi connectivity index (χ0n) is 6.53. The highest BCUT2D eigenvalue weighted by atomic mass is 16.6. The Balaban J connectivity index is 2.40. The first-order valence-electron chi connectivity index (χ1n) is 3.58. The van der Waals surface area contributed by atoms with Gasteiger partial charge in [0.05, 0.1) is 6.54 Å². The van der Waals surface area contributed by atoms with Gasteiger partial charge in [-0.25, -0.2) is 4.79 Å². The standard InChI is InChI=1S/C6H11N3O3/c7-4(5(8)10)3-9-1-2-12-6(9)11/h4H,1-3,7H2,(H2,8,10). The topological polar surface area (TPSA) is 98.7 Å². The van der Waals surface area contributed by atoms with E-state index in [2.05, 4.69) is 4.74 Å². The van der Waals surface area contributed by atoms with Gasteiger partial charge in [-0.1, -0.05) is 0 Å². The van der Waals surface area contributed by atoms with E-state index in [0.29, 0.717) is 13.2 Å². The average Bonchev–Trinajstić information content (AvgIpc) is 2.36. The third-order valence-electron chi connectivity index (χ3n) is 1.63. The number of nitrogens with two attached hydrogens (primary N) is 2. The van der Waals surface area contributed by atoms with Crippen molar-refractivity contribution in [3.05, 3.63) is 0 Å². The van der Waals surface area contributed by atoms with E-state index in [1.54, 1.807) is 0 Å². The second kappa shape index (κ2) is 3.40. The second-order valence-corrected chi connectivity index (χ2v) is 2.57. The molecule has 0 aromatic heterocycles. The lowest BCUT2D eigenvalue weighted by Gasteiger charge is -2.15. The molecule has 0 spiro atoms. The molecule has 1 saturated heterocycles. The van der Waals surface area contributed by atoms with Gasteiger partial charge < -0.3 is 21.1 Å². The SMILES string of the molecule is NC(=O)C(N)CN1CCOC1=O. The van der Waals surface area contributed by atoms with Crippen LogP contribution < -0.4 is 11.5 Å². The number of hydrogen-bond acceptors (Lipinski definition) is 4. The van der Waals surface area contributed by atoms with E-state index in [1.165, 1.54) is 4.90 Å². The summed E-state index contributed by atoms with van der Waals surface area (Å²) in [5, 5.41) is 0. The minimum Gasteiger partial charge on any atom is -0.448 e. The summed E-state index contributed by atoms with van der Waals surface area (Å²) in [6.07, 6.45) is -0.438. The molecule has 1 atom stereocenters. The Labute approximate surface area is 69.4 Å². The van der Waals surface area contributed by atoms with E-state index < -0.39 is 18.0 Å². The van der Waals surface area contributed by atoms with E-state index >= 15 is 0 Å². The Morgan fingerprint density at radius 3 is 2.83 bits per heavy atom. The summed E-state index contributed by atoms with van der Waals surface area (Å²) >= 11 is 0. The van der Waals surface area contributed by atoms with Crippen molar-refractivity contribution in [1.82, 2.24) is 4.90 Å². The molecule has 6 heteroatoms. The zero-order valence-corrected chi connectivity index (χ0v) is 6.53. The van der Waals surface area contributed by atoms with Gasteiger partial charge in [0.15, 0.2) is 0 Å². The number of cyclic esters (lactones) is 1. The lowest BCUT2D eigenvalue weighted by atomic mass is 10.3. The Morgan fingerprint density at radius 1 is 1.75 bits per heavy atom. The molecule has 1 heterocycles. The van der Waals surface area contributed by atoms with Gasteiger partial charge in [0.25, 0.3) is 0 Å². The average molecular weight is 173 g/mol. The van der Waals surface area contributed by atoms with Crippen molar-refractivity contribution < 1.29 is 14.3 Å². The van der Waals surface area contributed by atoms with E-state index in [1.807, 2.05) is 0 Å². The number of hydrogen-bond donors (Lipinski definition) is 2. The van der Waals surface area contributed by atoms with Gasteiger partial charge in [-0.05, 0) is 0 Å². The van der Waals surface area contributed by atoms with Crippen LogP contribution in [0.1, 0.15) is 0 Å². The van der Waals surface area contributed by atoms with Crippen molar-refractivity contribution in [2.24, 2.45) is 11.5 Å². The van der Waals surface area contributed by atoms with Crippen LogP contribution in [0, 0.1) is 0 Å². The number of primary amides is 1. The van der Waals surface area contributed by atoms with Crippen molar-refractivity contribution in [3.8, 4) is 0 Å². The molecule has 0 aromatic carbocycles. The first-order valence-corrected chi connectivity index (χ1v) is 3.58. The highest BCUT2D eigenvalue weighted by Gasteiger charge is 2.25. The smallest absolute Gasteiger partial charge is 0.410 e. The fourth-order valence-corrected chi connectivity index (χ4v) is 0.919. The number of amides is 2. The molecule has 68 valence electrons. The van der Waals surface area contributed by atoms with Gasteiger partial charge in [-0.3, -0.25) is 4.79 Å². The van der Waals surface area contributed by atoms with Gasteiger partial charge >= 0.3 is 6.09 Å². The van der Waals surface area contributed by atoms with Crippen LogP contribution in [0.15, 0.2) is 0 Å². The summed E-state index contributed by atoms with van der Waals surface area (Å²) in [4.78, 5) is 22.7. The zero-order chi connectivity index (χ0) is 9.14. The lowest BCUT2D eigenvalue weighted by Crippen LogP contribution is -2.46. The van der Waals surface area contributed by atoms with Gasteiger partial charge in [0, 0.05) is 6.54 Å². The van der Waals surface area contributed by atoms with E-state index in [0.717, 1.165) is 0 Å². The summed E-state index contributed by atoms with van der Waals surface area (Å²) in [5.74, 6) is -0.616. The van der Waals surface area contributed by atoms with Crippen LogP contribution in [0.3, 0.4) is 0 Å². The van der Waals surface area contributed by atoms with Crippen LogP contribution in [-0.4, -0.2) is 42.6 Å². The van der Waals surface area contributed by atoms with Crippen LogP contribution in [0.2, 0.25) is 0 Å². The molecular weight excluding hydrogens is 162 g/mol. The largest absolute Gasteiger partial charge is 0.448 e. The highest BCUT2D eigenvalue weighted by molar-refractivity contribution is 5.80. The lowest BCUT2D eigenvalue weighted by molar-refractivity contribution is -0.119. The van der Waals surface area contributed by atoms with E-state index in [9.17, 15) is 9.59 Å². The molecule has 2 amide bonds. The normalized spacial score (nSPS) is 19.1. The summed E-state index contributed by atoms with van der Waals surface area (Å²) in [6, 6.07) is -0.810. The summed E-state index contributed by atoms with van der Waals surface area (Å²) < 4.78 is 4.63. The number of ether oxygens (including phenoxy) is 1. The number of carbonyl (C=O) groups excluding carboxylic acids is 2. The minimum absolute atomic E-state index is 0.133. The second-order valence-electron chi connectivity index (χ2n) is 2.57. The molecule has 12 heavy (non-hydrogen) atoms. The fourth-order valence-electron chi connectivity index (χ4n) is 0.919. The van der Waals surface area contributed by atoms with Crippen molar-refractivity contribution in [2.45, 2.75) is 6.04 Å². The molecule has 4 N–H and O–H groups in total. The third-order valence-corrected chi connectivity index (χ3v) is 1.63. The molecule has 0 aromatic rings. The number of rotatable bonds is 3. The minimum atomic E-state index is -0.810. The van der Waals surface area contributed by atoms with Gasteiger partial charge in [-0.2, -0.15) is 0 Å². The number of nitrogens with zero attached hydrogens (tertiary/aromatic N) is 1. The molecule has 0 radical (unpaired) electrons. The Morgan fingerprint density at radius 2 is 2.42 bits per heavy atom. The van der Waals surface area contributed by atoms with Crippen LogP contribution in [0.5, 0.6) is 0 Å². The van der Waals surface area contributed by atoms with Crippen molar-refractivity contribution in [2.75, 3.05) is 19.7 Å².